The van der Waals surface area contributed by atoms with Crippen molar-refractivity contribution >= 4 is 39.1 Å². The molecule has 0 saturated carbocycles. The molecule has 21 heavy (non-hydrogen) atoms. The molecule has 0 radical (unpaired) electrons. The number of fused-ring (bicyclic) bond motifs is 1. The Bertz CT molecular complexity index is 688. The summed E-state index contributed by atoms with van der Waals surface area (Å²) >= 11 is 16.6. The number of alkyl halides is 1. The van der Waals surface area contributed by atoms with Crippen molar-refractivity contribution in [3.8, 4) is 11.5 Å². The lowest BCUT2D eigenvalue weighted by molar-refractivity contribution is 0.171. The molecule has 0 spiro atoms. The van der Waals surface area contributed by atoms with E-state index in [0.717, 1.165) is 21.2 Å². The van der Waals surface area contributed by atoms with Gasteiger partial charge in [-0.2, -0.15) is 0 Å². The van der Waals surface area contributed by atoms with E-state index in [1.165, 1.54) is 0 Å². The summed E-state index contributed by atoms with van der Waals surface area (Å²) in [5.41, 5.74) is 2.94. The smallest absolute Gasteiger partial charge is 0.162 e. The van der Waals surface area contributed by atoms with Crippen LogP contribution in [0.5, 0.6) is 11.5 Å². The van der Waals surface area contributed by atoms with E-state index in [-0.39, 0.29) is 5.38 Å². The fourth-order valence-electron chi connectivity index (χ4n) is 2.34. The SMILES string of the molecule is Cc1c(Br)cccc1C(Cl)c1cc2c(cc1Cl)OCCO2. The van der Waals surface area contributed by atoms with Crippen molar-refractivity contribution in [2.45, 2.75) is 12.3 Å². The normalized spacial score (nSPS) is 14.9. The Morgan fingerprint density at radius 3 is 2.48 bits per heavy atom. The number of hydrogen-bond donors (Lipinski definition) is 0. The van der Waals surface area contributed by atoms with Gasteiger partial charge in [0, 0.05) is 15.6 Å². The molecule has 1 aliphatic heterocycles. The summed E-state index contributed by atoms with van der Waals surface area (Å²) in [7, 11) is 0. The van der Waals surface area contributed by atoms with Gasteiger partial charge in [0.15, 0.2) is 11.5 Å². The summed E-state index contributed by atoms with van der Waals surface area (Å²) in [6.45, 7) is 3.11. The van der Waals surface area contributed by atoms with E-state index in [0.29, 0.717) is 29.7 Å². The zero-order chi connectivity index (χ0) is 15.0. The van der Waals surface area contributed by atoms with E-state index in [1.54, 1.807) is 6.07 Å². The van der Waals surface area contributed by atoms with Crippen molar-refractivity contribution in [3.05, 3.63) is 56.5 Å². The first-order valence-electron chi connectivity index (χ1n) is 6.56. The minimum absolute atomic E-state index is 0.342. The van der Waals surface area contributed by atoms with Gasteiger partial charge in [-0.1, -0.05) is 39.7 Å². The summed E-state index contributed by atoms with van der Waals surface area (Å²) in [6.07, 6.45) is 0. The highest BCUT2D eigenvalue weighted by atomic mass is 79.9. The fourth-order valence-corrected chi connectivity index (χ4v) is 3.46. The maximum Gasteiger partial charge on any atom is 0.162 e. The van der Waals surface area contributed by atoms with Crippen LogP contribution < -0.4 is 9.47 Å². The molecule has 0 N–H and O–H groups in total. The van der Waals surface area contributed by atoms with Gasteiger partial charge in [-0.05, 0) is 35.7 Å². The van der Waals surface area contributed by atoms with E-state index in [2.05, 4.69) is 15.9 Å². The van der Waals surface area contributed by atoms with E-state index >= 15 is 0 Å². The number of hydrogen-bond acceptors (Lipinski definition) is 2. The van der Waals surface area contributed by atoms with Gasteiger partial charge in [0.1, 0.15) is 13.2 Å². The second-order valence-electron chi connectivity index (χ2n) is 4.83. The Balaban J connectivity index is 2.05. The second-order valence-corrected chi connectivity index (χ2v) is 6.53. The Labute approximate surface area is 142 Å². The van der Waals surface area contributed by atoms with Crippen LogP contribution in [0.1, 0.15) is 22.1 Å². The van der Waals surface area contributed by atoms with Gasteiger partial charge in [-0.15, -0.1) is 11.6 Å². The first-order valence-corrected chi connectivity index (χ1v) is 8.17. The topological polar surface area (TPSA) is 18.5 Å². The third-order valence-electron chi connectivity index (χ3n) is 3.52. The molecule has 3 rings (SSSR count). The van der Waals surface area contributed by atoms with Gasteiger partial charge in [0.05, 0.1) is 5.38 Å². The molecule has 2 aromatic carbocycles. The van der Waals surface area contributed by atoms with E-state index < -0.39 is 0 Å². The third kappa shape index (κ3) is 2.87. The number of benzene rings is 2. The largest absolute Gasteiger partial charge is 0.486 e. The summed E-state index contributed by atoms with van der Waals surface area (Å²) in [5, 5.41) is 0.240. The molecule has 0 fully saturated rings. The van der Waals surface area contributed by atoms with Gasteiger partial charge in [-0.25, -0.2) is 0 Å². The van der Waals surface area contributed by atoms with Crippen molar-refractivity contribution in [1.29, 1.82) is 0 Å². The lowest BCUT2D eigenvalue weighted by Crippen LogP contribution is -2.15. The average molecular weight is 388 g/mol. The molecule has 110 valence electrons. The van der Waals surface area contributed by atoms with Crippen LogP contribution in [0.4, 0.5) is 0 Å². The molecule has 1 aliphatic rings. The quantitative estimate of drug-likeness (QED) is 0.632. The molecule has 0 aromatic heterocycles. The van der Waals surface area contributed by atoms with Crippen molar-refractivity contribution in [3.63, 3.8) is 0 Å². The van der Waals surface area contributed by atoms with Gasteiger partial charge in [0.25, 0.3) is 0 Å². The minimum Gasteiger partial charge on any atom is -0.486 e. The third-order valence-corrected chi connectivity index (χ3v) is 5.17. The van der Waals surface area contributed by atoms with Gasteiger partial charge in [-0.3, -0.25) is 0 Å². The first kappa shape index (κ1) is 15.0. The van der Waals surface area contributed by atoms with Gasteiger partial charge in [0.2, 0.25) is 0 Å². The van der Waals surface area contributed by atoms with Crippen molar-refractivity contribution in [1.82, 2.24) is 0 Å². The Hall–Kier alpha value is -0.900. The number of rotatable bonds is 2. The van der Waals surface area contributed by atoms with Gasteiger partial charge >= 0.3 is 0 Å². The van der Waals surface area contributed by atoms with Crippen molar-refractivity contribution < 1.29 is 9.47 Å². The lowest BCUT2D eigenvalue weighted by atomic mass is 9.99. The maximum atomic E-state index is 6.65. The summed E-state index contributed by atoms with van der Waals surface area (Å²) < 4.78 is 12.2. The Kier molecular flexibility index (Phi) is 4.34. The molecule has 0 amide bonds. The molecule has 1 unspecified atom stereocenters. The molecule has 5 heteroatoms. The predicted octanol–water partition coefficient (Wildman–Crippen LogP) is 5.51. The second kappa shape index (κ2) is 6.07. The zero-order valence-corrected chi connectivity index (χ0v) is 14.4. The van der Waals surface area contributed by atoms with Crippen LogP contribution in [0.2, 0.25) is 5.02 Å². The predicted molar refractivity (Wildman–Crippen MR) is 89.0 cm³/mol. The Morgan fingerprint density at radius 1 is 1.10 bits per heavy atom. The zero-order valence-electron chi connectivity index (χ0n) is 11.3. The van der Waals surface area contributed by atoms with Crippen LogP contribution in [0.25, 0.3) is 0 Å². The summed E-state index contributed by atoms with van der Waals surface area (Å²) in [6, 6.07) is 9.61. The highest BCUT2D eigenvalue weighted by Gasteiger charge is 2.22. The fraction of sp³-hybridized carbons (Fsp3) is 0.250. The van der Waals surface area contributed by atoms with Crippen LogP contribution in [-0.2, 0) is 0 Å². The monoisotopic (exact) mass is 386 g/mol. The molecule has 0 aliphatic carbocycles. The first-order chi connectivity index (χ1) is 10.1. The highest BCUT2D eigenvalue weighted by molar-refractivity contribution is 9.10. The molecular weight excluding hydrogens is 375 g/mol. The van der Waals surface area contributed by atoms with Crippen LogP contribution in [0, 0.1) is 6.92 Å². The lowest BCUT2D eigenvalue weighted by Gasteiger charge is -2.22. The van der Waals surface area contributed by atoms with Crippen molar-refractivity contribution in [2.24, 2.45) is 0 Å². The van der Waals surface area contributed by atoms with Crippen molar-refractivity contribution in [2.75, 3.05) is 13.2 Å². The molecule has 0 saturated heterocycles. The molecule has 1 atom stereocenters. The average Bonchev–Trinajstić information content (AvgIpc) is 2.48. The van der Waals surface area contributed by atoms with Crippen LogP contribution in [0.3, 0.4) is 0 Å². The molecule has 0 bridgehead atoms. The van der Waals surface area contributed by atoms with Crippen LogP contribution in [-0.4, -0.2) is 13.2 Å². The highest BCUT2D eigenvalue weighted by Crippen LogP contribution is 2.42. The van der Waals surface area contributed by atoms with E-state index in [1.807, 2.05) is 31.2 Å². The van der Waals surface area contributed by atoms with Crippen LogP contribution in [0.15, 0.2) is 34.8 Å². The number of ether oxygens (including phenoxy) is 2. The number of halogens is 3. The van der Waals surface area contributed by atoms with E-state index in [9.17, 15) is 0 Å². The molecular formula is C16H13BrCl2O2. The standard InChI is InChI=1S/C16H13BrCl2O2/c1-9-10(3-2-4-12(9)17)16(19)11-7-14-15(8-13(11)18)21-6-5-20-14/h2-4,7-8,16H,5-6H2,1H3. The van der Waals surface area contributed by atoms with Gasteiger partial charge < -0.3 is 9.47 Å². The maximum absolute atomic E-state index is 6.65. The minimum atomic E-state index is -0.342. The molecule has 2 nitrogen and oxygen atoms in total. The summed E-state index contributed by atoms with van der Waals surface area (Å²) in [4.78, 5) is 0. The molecule has 1 heterocycles. The Morgan fingerprint density at radius 2 is 1.76 bits per heavy atom. The molecule has 2 aromatic rings. The van der Waals surface area contributed by atoms with Crippen LogP contribution >= 0.6 is 39.1 Å². The van der Waals surface area contributed by atoms with E-state index in [4.69, 9.17) is 32.7 Å². The summed E-state index contributed by atoms with van der Waals surface area (Å²) in [5.74, 6) is 1.36.